The fourth-order valence-corrected chi connectivity index (χ4v) is 3.62. The molecular weight excluding hydrogens is 461 g/mol. The van der Waals surface area contributed by atoms with E-state index in [9.17, 15) is 22.8 Å². The van der Waals surface area contributed by atoms with Crippen LogP contribution in [-0.4, -0.2) is 25.5 Å². The van der Waals surface area contributed by atoms with Crippen molar-refractivity contribution in [1.82, 2.24) is 24.9 Å². The molecule has 2 heterocycles. The van der Waals surface area contributed by atoms with Gasteiger partial charge in [0.1, 0.15) is 5.69 Å². The van der Waals surface area contributed by atoms with Crippen molar-refractivity contribution in [3.63, 3.8) is 0 Å². The number of amides is 1. The molecule has 180 valence electrons. The van der Waals surface area contributed by atoms with Crippen molar-refractivity contribution in [2.45, 2.75) is 19.1 Å². The number of anilines is 1. The van der Waals surface area contributed by atoms with Gasteiger partial charge in [-0.15, -0.1) is 0 Å². The van der Waals surface area contributed by atoms with Crippen LogP contribution in [0.25, 0.3) is 16.9 Å². The molecule has 0 spiro atoms. The molecule has 3 N–H and O–H groups in total. The van der Waals surface area contributed by atoms with E-state index in [4.69, 9.17) is 5.73 Å². The van der Waals surface area contributed by atoms with Gasteiger partial charge in [-0.2, -0.15) is 28.1 Å². The molecular formula is C24H21F3N6O2. The van der Waals surface area contributed by atoms with E-state index >= 15 is 0 Å². The predicted molar refractivity (Wildman–Crippen MR) is 124 cm³/mol. The van der Waals surface area contributed by atoms with Gasteiger partial charge in [0.15, 0.2) is 0 Å². The minimum atomic E-state index is -4.57. The van der Waals surface area contributed by atoms with Crippen molar-refractivity contribution in [1.29, 1.82) is 0 Å². The molecule has 2 aromatic heterocycles. The van der Waals surface area contributed by atoms with Crippen molar-refractivity contribution in [3.05, 3.63) is 94.0 Å². The molecule has 0 unspecified atom stereocenters. The number of alkyl halides is 3. The highest BCUT2D eigenvalue weighted by atomic mass is 19.4. The van der Waals surface area contributed by atoms with Gasteiger partial charge < -0.3 is 11.1 Å². The Balaban J connectivity index is 1.61. The third kappa shape index (κ3) is 5.08. The second-order valence-corrected chi connectivity index (χ2v) is 7.94. The largest absolute Gasteiger partial charge is 0.416 e. The Bertz CT molecular complexity index is 1460. The molecule has 1 atom stereocenters. The molecule has 11 heteroatoms. The zero-order valence-corrected chi connectivity index (χ0v) is 18.7. The van der Waals surface area contributed by atoms with Gasteiger partial charge in [0.25, 0.3) is 11.5 Å². The molecule has 0 saturated heterocycles. The summed E-state index contributed by atoms with van der Waals surface area (Å²) in [5.74, 6) is -0.662. The van der Waals surface area contributed by atoms with Crippen LogP contribution in [0, 0.1) is 0 Å². The maximum absolute atomic E-state index is 13.1. The number of nitrogens with zero attached hydrogens (tertiary/aromatic N) is 4. The van der Waals surface area contributed by atoms with Crippen molar-refractivity contribution < 1.29 is 18.0 Å². The van der Waals surface area contributed by atoms with Crippen LogP contribution in [0.5, 0.6) is 0 Å². The van der Waals surface area contributed by atoms with Crippen molar-refractivity contribution >= 4 is 11.6 Å². The number of benzene rings is 2. The Kier molecular flexibility index (Phi) is 6.16. The van der Waals surface area contributed by atoms with Crippen LogP contribution in [0.15, 0.2) is 71.7 Å². The van der Waals surface area contributed by atoms with E-state index in [1.165, 1.54) is 25.1 Å². The van der Waals surface area contributed by atoms with E-state index < -0.39 is 29.2 Å². The van der Waals surface area contributed by atoms with Gasteiger partial charge in [-0.25, -0.2) is 0 Å². The van der Waals surface area contributed by atoms with Crippen LogP contribution in [0.4, 0.5) is 18.9 Å². The van der Waals surface area contributed by atoms with Gasteiger partial charge in [-0.1, -0.05) is 12.1 Å². The van der Waals surface area contributed by atoms with Gasteiger partial charge in [0.2, 0.25) is 0 Å². The zero-order valence-electron chi connectivity index (χ0n) is 18.7. The lowest BCUT2D eigenvalue weighted by Gasteiger charge is -2.17. The number of nitrogen functional groups attached to an aromatic ring is 1. The molecule has 1 amide bonds. The van der Waals surface area contributed by atoms with Crippen LogP contribution in [0.2, 0.25) is 0 Å². The summed E-state index contributed by atoms with van der Waals surface area (Å²) in [6.45, 7) is 1.53. The predicted octanol–water partition coefficient (Wildman–Crippen LogP) is 3.73. The number of aryl methyl sites for hydroxylation is 1. The quantitative estimate of drug-likeness (QED) is 0.422. The van der Waals surface area contributed by atoms with Crippen molar-refractivity contribution in [3.8, 4) is 16.9 Å². The smallest absolute Gasteiger partial charge is 0.399 e. The number of carbonyl (C=O) groups excluding carboxylic acids is 1. The summed E-state index contributed by atoms with van der Waals surface area (Å²) < 4.78 is 42.2. The van der Waals surface area contributed by atoms with E-state index in [0.29, 0.717) is 5.69 Å². The minimum Gasteiger partial charge on any atom is -0.399 e. The molecule has 0 saturated carbocycles. The molecule has 0 aliphatic rings. The van der Waals surface area contributed by atoms with Crippen LogP contribution >= 0.6 is 0 Å². The third-order valence-electron chi connectivity index (χ3n) is 5.39. The Hall–Kier alpha value is -4.41. The van der Waals surface area contributed by atoms with Crippen molar-refractivity contribution in [2.75, 3.05) is 5.73 Å². The number of nitrogens with one attached hydrogen (secondary N) is 1. The number of rotatable bonds is 5. The second-order valence-electron chi connectivity index (χ2n) is 7.94. The molecule has 4 rings (SSSR count). The van der Waals surface area contributed by atoms with Crippen LogP contribution in [0.3, 0.4) is 0 Å². The first-order valence-electron chi connectivity index (χ1n) is 10.5. The van der Waals surface area contributed by atoms with Crippen molar-refractivity contribution in [2.24, 2.45) is 7.05 Å². The fourth-order valence-electron chi connectivity index (χ4n) is 3.62. The average molecular weight is 482 g/mol. The molecule has 35 heavy (non-hydrogen) atoms. The number of carbonyl (C=O) groups is 1. The van der Waals surface area contributed by atoms with E-state index in [1.54, 1.807) is 36.1 Å². The lowest BCUT2D eigenvalue weighted by molar-refractivity contribution is -0.137. The highest BCUT2D eigenvalue weighted by Gasteiger charge is 2.31. The SMILES string of the molecule is C[C@@H](NC(=O)c1ccc(=O)n(-c2cccc(-c3ccnn3C)c2)n1)c1cc(N)cc(C(F)(F)F)c1. The maximum atomic E-state index is 13.1. The van der Waals surface area contributed by atoms with Gasteiger partial charge in [0, 0.05) is 30.6 Å². The summed E-state index contributed by atoms with van der Waals surface area (Å²) in [5, 5.41) is 10.9. The summed E-state index contributed by atoms with van der Waals surface area (Å²) >= 11 is 0. The molecule has 0 aliphatic heterocycles. The number of aromatic nitrogens is 4. The Morgan fingerprint density at radius 3 is 2.54 bits per heavy atom. The zero-order chi connectivity index (χ0) is 25.3. The Morgan fingerprint density at radius 1 is 1.09 bits per heavy atom. The molecule has 8 nitrogen and oxygen atoms in total. The molecule has 0 bridgehead atoms. The molecule has 0 aliphatic carbocycles. The minimum absolute atomic E-state index is 0.0732. The van der Waals surface area contributed by atoms with Gasteiger partial charge in [0.05, 0.1) is 23.0 Å². The Morgan fingerprint density at radius 2 is 1.86 bits per heavy atom. The van der Waals surface area contributed by atoms with Gasteiger partial charge >= 0.3 is 6.18 Å². The van der Waals surface area contributed by atoms with Crippen LogP contribution < -0.4 is 16.6 Å². The highest BCUT2D eigenvalue weighted by Crippen LogP contribution is 2.32. The Labute approximate surface area is 197 Å². The second kappa shape index (κ2) is 9.09. The molecule has 4 aromatic rings. The van der Waals surface area contributed by atoms with Gasteiger partial charge in [-0.05, 0) is 55.0 Å². The molecule has 2 aromatic carbocycles. The summed E-state index contributed by atoms with van der Waals surface area (Å²) in [5.41, 5.74) is 6.34. The monoisotopic (exact) mass is 482 g/mol. The third-order valence-corrected chi connectivity index (χ3v) is 5.39. The van der Waals surface area contributed by atoms with E-state index in [-0.39, 0.29) is 16.9 Å². The number of halogens is 3. The first-order valence-corrected chi connectivity index (χ1v) is 10.5. The first kappa shape index (κ1) is 23.7. The van der Waals surface area contributed by atoms with Crippen LogP contribution in [-0.2, 0) is 13.2 Å². The lowest BCUT2D eigenvalue weighted by Crippen LogP contribution is -2.30. The normalized spacial score (nSPS) is 12.4. The number of nitrogens with two attached hydrogens (primary N) is 1. The standard InChI is InChI=1S/C24H21F3N6O2/c1-14(16-10-17(24(25,26)27)13-18(28)11-16)30-23(35)20-6-7-22(34)33(31-20)19-5-3-4-15(12-19)21-8-9-29-32(21)2/h3-14H,28H2,1-2H3,(H,30,35)/t14-/m1/s1. The topological polar surface area (TPSA) is 108 Å². The fraction of sp³-hybridized carbons (Fsp3) is 0.167. The van der Waals surface area contributed by atoms with Gasteiger partial charge in [-0.3, -0.25) is 14.3 Å². The lowest BCUT2D eigenvalue weighted by atomic mass is 10.0. The number of hydrogen-bond donors (Lipinski definition) is 2. The first-order chi connectivity index (χ1) is 16.5. The molecule has 0 radical (unpaired) electrons. The van der Waals surface area contributed by atoms with E-state index in [2.05, 4.69) is 15.5 Å². The molecule has 0 fully saturated rings. The highest BCUT2D eigenvalue weighted by molar-refractivity contribution is 5.92. The number of hydrogen-bond acceptors (Lipinski definition) is 5. The van der Waals surface area contributed by atoms with E-state index in [0.717, 1.165) is 28.1 Å². The summed E-state index contributed by atoms with van der Waals surface area (Å²) in [6, 6.07) is 13.6. The average Bonchev–Trinajstić information content (AvgIpc) is 3.24. The summed E-state index contributed by atoms with van der Waals surface area (Å²) in [7, 11) is 1.79. The summed E-state index contributed by atoms with van der Waals surface area (Å²) in [6.07, 6.45) is -2.93. The summed E-state index contributed by atoms with van der Waals surface area (Å²) in [4.78, 5) is 25.3. The van der Waals surface area contributed by atoms with E-state index in [1.807, 2.05) is 12.1 Å². The maximum Gasteiger partial charge on any atom is 0.416 e. The van der Waals surface area contributed by atoms with Crippen LogP contribution in [0.1, 0.15) is 34.6 Å².